The van der Waals surface area contributed by atoms with Crippen molar-refractivity contribution in [2.75, 3.05) is 53.0 Å². The van der Waals surface area contributed by atoms with Crippen LogP contribution in [0.25, 0.3) is 11.5 Å². The van der Waals surface area contributed by atoms with Crippen LogP contribution < -0.4 is 5.32 Å². The number of hydrogen-bond acceptors (Lipinski definition) is 7. The van der Waals surface area contributed by atoms with Gasteiger partial charge >= 0.3 is 0 Å². The highest BCUT2D eigenvalue weighted by atomic mass is 16.5. The Balaban J connectivity index is 1.26. The Kier molecular flexibility index (Phi) is 8.23. The van der Waals surface area contributed by atoms with E-state index < -0.39 is 0 Å². The van der Waals surface area contributed by atoms with E-state index in [1.165, 1.54) is 0 Å². The predicted molar refractivity (Wildman–Crippen MR) is 131 cm³/mol. The number of amides is 2. The monoisotopic (exact) mass is 477 g/mol. The van der Waals surface area contributed by atoms with E-state index in [0.29, 0.717) is 42.4 Å². The van der Waals surface area contributed by atoms with Gasteiger partial charge < -0.3 is 19.5 Å². The second-order valence-electron chi connectivity index (χ2n) is 8.65. The zero-order valence-electron chi connectivity index (χ0n) is 20.2. The topological polar surface area (TPSA) is 101 Å². The lowest BCUT2D eigenvalue weighted by molar-refractivity contribution is 0.0383. The Morgan fingerprint density at radius 2 is 1.71 bits per heavy atom. The van der Waals surface area contributed by atoms with E-state index in [2.05, 4.69) is 20.4 Å². The lowest BCUT2D eigenvalue weighted by atomic mass is 10.1. The summed E-state index contributed by atoms with van der Waals surface area (Å²) in [6, 6.07) is 14.6. The van der Waals surface area contributed by atoms with Crippen LogP contribution in [0.5, 0.6) is 0 Å². The van der Waals surface area contributed by atoms with Gasteiger partial charge in [0.25, 0.3) is 17.7 Å². The summed E-state index contributed by atoms with van der Waals surface area (Å²) in [6.45, 7) is 7.14. The fourth-order valence-electron chi connectivity index (χ4n) is 3.78. The molecule has 3 aromatic rings. The summed E-state index contributed by atoms with van der Waals surface area (Å²) < 4.78 is 10.7. The standard InChI is InChI=1S/C26H31N5O4/c1-19-3-5-22(6-4-19)26(33)30(2)13-11-23-28-25(35-29-23)21-9-7-20(8-10-21)24(32)27-12-14-31-15-17-34-18-16-31/h3-10H,11-18H2,1-2H3,(H,27,32). The van der Waals surface area contributed by atoms with E-state index in [1.54, 1.807) is 36.2 Å². The molecular weight excluding hydrogens is 446 g/mol. The van der Waals surface area contributed by atoms with Crippen LogP contribution in [0.1, 0.15) is 32.1 Å². The quantitative estimate of drug-likeness (QED) is 0.505. The van der Waals surface area contributed by atoms with Gasteiger partial charge in [-0.05, 0) is 43.3 Å². The Labute approximate surface area is 205 Å². The number of aromatic nitrogens is 2. The third kappa shape index (κ3) is 6.74. The molecule has 1 fully saturated rings. The van der Waals surface area contributed by atoms with Crippen LogP contribution in [0.2, 0.25) is 0 Å². The zero-order chi connectivity index (χ0) is 24.6. The first-order chi connectivity index (χ1) is 17.0. The summed E-state index contributed by atoms with van der Waals surface area (Å²) in [5.41, 5.74) is 3.07. The molecule has 9 nitrogen and oxygen atoms in total. The van der Waals surface area contributed by atoms with Gasteiger partial charge in [0.15, 0.2) is 5.82 Å². The van der Waals surface area contributed by atoms with Crippen LogP contribution in [0.4, 0.5) is 0 Å². The minimum Gasteiger partial charge on any atom is -0.379 e. The number of likely N-dealkylation sites (N-methyl/N-ethyl adjacent to an activating group) is 1. The molecule has 1 aliphatic heterocycles. The molecule has 4 rings (SSSR count). The maximum atomic E-state index is 12.6. The highest BCUT2D eigenvalue weighted by Gasteiger charge is 2.15. The van der Waals surface area contributed by atoms with Gasteiger partial charge in [-0.15, -0.1) is 0 Å². The second-order valence-corrected chi connectivity index (χ2v) is 8.65. The number of ether oxygens (including phenoxy) is 1. The van der Waals surface area contributed by atoms with Crippen LogP contribution in [0.3, 0.4) is 0 Å². The molecule has 0 aliphatic carbocycles. The van der Waals surface area contributed by atoms with Gasteiger partial charge in [0.05, 0.1) is 13.2 Å². The number of aryl methyl sites for hydroxylation is 1. The summed E-state index contributed by atoms with van der Waals surface area (Å²) in [4.78, 5) is 33.3. The molecule has 1 aromatic heterocycles. The molecule has 2 amide bonds. The largest absolute Gasteiger partial charge is 0.379 e. The predicted octanol–water partition coefficient (Wildman–Crippen LogP) is 2.42. The first-order valence-electron chi connectivity index (χ1n) is 11.8. The molecular formula is C26H31N5O4. The molecule has 0 spiro atoms. The lowest BCUT2D eigenvalue weighted by Crippen LogP contribution is -2.41. The van der Waals surface area contributed by atoms with Crippen molar-refractivity contribution in [3.63, 3.8) is 0 Å². The van der Waals surface area contributed by atoms with Crippen LogP contribution in [-0.4, -0.2) is 84.7 Å². The third-order valence-electron chi connectivity index (χ3n) is 6.00. The fraction of sp³-hybridized carbons (Fsp3) is 0.385. The van der Waals surface area contributed by atoms with Gasteiger partial charge in [-0.2, -0.15) is 4.98 Å². The molecule has 0 bridgehead atoms. The summed E-state index contributed by atoms with van der Waals surface area (Å²) in [5.74, 6) is 0.741. The van der Waals surface area contributed by atoms with Gasteiger partial charge in [0.1, 0.15) is 0 Å². The van der Waals surface area contributed by atoms with Crippen LogP contribution in [-0.2, 0) is 11.2 Å². The van der Waals surface area contributed by atoms with Crippen LogP contribution in [0.15, 0.2) is 53.1 Å². The van der Waals surface area contributed by atoms with E-state index in [-0.39, 0.29) is 11.8 Å². The Morgan fingerprint density at radius 3 is 2.43 bits per heavy atom. The molecule has 0 unspecified atom stereocenters. The second kappa shape index (κ2) is 11.7. The van der Waals surface area contributed by atoms with Crippen molar-refractivity contribution < 1.29 is 18.8 Å². The summed E-state index contributed by atoms with van der Waals surface area (Å²) in [5, 5.41) is 6.99. The van der Waals surface area contributed by atoms with Crippen molar-refractivity contribution in [1.82, 2.24) is 25.3 Å². The van der Waals surface area contributed by atoms with Crippen molar-refractivity contribution in [3.8, 4) is 11.5 Å². The van der Waals surface area contributed by atoms with Crippen molar-refractivity contribution in [1.29, 1.82) is 0 Å². The molecule has 0 atom stereocenters. The van der Waals surface area contributed by atoms with Crippen molar-refractivity contribution in [3.05, 3.63) is 71.0 Å². The zero-order valence-corrected chi connectivity index (χ0v) is 20.2. The van der Waals surface area contributed by atoms with Gasteiger partial charge in [-0.25, -0.2) is 0 Å². The number of benzene rings is 2. The van der Waals surface area contributed by atoms with Gasteiger partial charge in [0.2, 0.25) is 0 Å². The fourth-order valence-corrected chi connectivity index (χ4v) is 3.78. The number of morpholine rings is 1. The molecule has 1 saturated heterocycles. The maximum absolute atomic E-state index is 12.6. The molecule has 2 heterocycles. The Bertz CT molecular complexity index is 1120. The van der Waals surface area contributed by atoms with Crippen molar-refractivity contribution in [2.24, 2.45) is 0 Å². The average Bonchev–Trinajstić information content (AvgIpc) is 3.37. The van der Waals surface area contributed by atoms with Crippen LogP contribution in [0, 0.1) is 6.92 Å². The number of rotatable bonds is 9. The third-order valence-corrected chi connectivity index (χ3v) is 6.00. The molecule has 184 valence electrons. The normalized spacial score (nSPS) is 14.0. The number of carbonyl (C=O) groups excluding carboxylic acids is 2. The van der Waals surface area contributed by atoms with E-state index >= 15 is 0 Å². The van der Waals surface area contributed by atoms with E-state index in [1.807, 2.05) is 31.2 Å². The van der Waals surface area contributed by atoms with Gasteiger partial charge in [-0.3, -0.25) is 14.5 Å². The smallest absolute Gasteiger partial charge is 0.257 e. The first-order valence-corrected chi connectivity index (χ1v) is 11.8. The minimum atomic E-state index is -0.114. The first kappa shape index (κ1) is 24.6. The lowest BCUT2D eigenvalue weighted by Gasteiger charge is -2.26. The van der Waals surface area contributed by atoms with E-state index in [9.17, 15) is 9.59 Å². The van der Waals surface area contributed by atoms with E-state index in [0.717, 1.165) is 44.0 Å². The van der Waals surface area contributed by atoms with Crippen molar-refractivity contribution in [2.45, 2.75) is 13.3 Å². The number of carbonyl (C=O) groups is 2. The molecule has 1 aliphatic rings. The van der Waals surface area contributed by atoms with Gasteiger partial charge in [0, 0.05) is 62.9 Å². The van der Waals surface area contributed by atoms with Gasteiger partial charge in [-0.1, -0.05) is 22.9 Å². The van der Waals surface area contributed by atoms with Crippen molar-refractivity contribution >= 4 is 11.8 Å². The minimum absolute atomic E-state index is 0.0486. The summed E-state index contributed by atoms with van der Waals surface area (Å²) in [6.07, 6.45) is 0.473. The SMILES string of the molecule is Cc1ccc(C(=O)N(C)CCc2noc(-c3ccc(C(=O)NCCN4CCOCC4)cc3)n2)cc1. The maximum Gasteiger partial charge on any atom is 0.257 e. The Hall–Kier alpha value is -3.56. The summed E-state index contributed by atoms with van der Waals surface area (Å²) >= 11 is 0. The molecule has 2 aromatic carbocycles. The molecule has 0 radical (unpaired) electrons. The van der Waals surface area contributed by atoms with E-state index in [4.69, 9.17) is 9.26 Å². The summed E-state index contributed by atoms with van der Waals surface area (Å²) in [7, 11) is 1.76. The number of nitrogens with one attached hydrogen (secondary N) is 1. The van der Waals surface area contributed by atoms with Crippen LogP contribution >= 0.6 is 0 Å². The number of nitrogens with zero attached hydrogens (tertiary/aromatic N) is 4. The molecule has 9 heteroatoms. The highest BCUT2D eigenvalue weighted by Crippen LogP contribution is 2.18. The molecule has 1 N–H and O–H groups in total. The molecule has 0 saturated carbocycles. The molecule has 35 heavy (non-hydrogen) atoms. The highest BCUT2D eigenvalue weighted by molar-refractivity contribution is 5.94. The average molecular weight is 478 g/mol. The number of hydrogen-bond donors (Lipinski definition) is 1. The Morgan fingerprint density at radius 1 is 1.03 bits per heavy atom.